The molecule has 1 aliphatic heterocycles. The van der Waals surface area contributed by atoms with E-state index < -0.39 is 12.2 Å². The summed E-state index contributed by atoms with van der Waals surface area (Å²) in [6, 6.07) is 10.2. The number of benzene rings is 1. The highest BCUT2D eigenvalue weighted by Crippen LogP contribution is 2.37. The molecular formula is C21H26N6O3. The van der Waals surface area contributed by atoms with Gasteiger partial charge in [-0.1, -0.05) is 18.2 Å². The van der Waals surface area contributed by atoms with Gasteiger partial charge in [0, 0.05) is 37.3 Å². The summed E-state index contributed by atoms with van der Waals surface area (Å²) in [6.45, 7) is 1.68. The number of nitrogens with zero attached hydrogens (tertiary/aromatic N) is 5. The minimum atomic E-state index is -0.972. The Morgan fingerprint density at radius 3 is 2.67 bits per heavy atom. The van der Waals surface area contributed by atoms with Gasteiger partial charge in [0.2, 0.25) is 0 Å². The third-order valence-electron chi connectivity index (χ3n) is 6.37. The van der Waals surface area contributed by atoms with Crippen LogP contribution in [0.5, 0.6) is 0 Å². The van der Waals surface area contributed by atoms with Crippen LogP contribution in [0.25, 0.3) is 11.2 Å². The summed E-state index contributed by atoms with van der Waals surface area (Å²) in [5, 5.41) is 33.6. The van der Waals surface area contributed by atoms with Gasteiger partial charge < -0.3 is 30.1 Å². The summed E-state index contributed by atoms with van der Waals surface area (Å²) in [4.78, 5) is 15.6. The number of anilines is 2. The summed E-state index contributed by atoms with van der Waals surface area (Å²) < 4.78 is 1.79. The van der Waals surface area contributed by atoms with Crippen LogP contribution in [0.1, 0.15) is 18.9 Å². The first-order valence-corrected chi connectivity index (χ1v) is 10.4. The standard InChI is InChI=1S/C21H26N6O3/c28-10-13-8-16(19(30)18(13)29)27-12-24-17-20(22-11-23-21(17)27)25-14-6-7-26(9-14)15-4-2-1-3-5-15/h1-5,11-14,16,18-19,28-30H,6-10H2,(H,22,23,25)/t13?,14-,16?,18?,19?/m0/s1. The lowest BCUT2D eigenvalue weighted by atomic mass is 10.1. The maximum absolute atomic E-state index is 10.5. The Morgan fingerprint density at radius 1 is 1.07 bits per heavy atom. The van der Waals surface area contributed by atoms with E-state index in [9.17, 15) is 15.3 Å². The molecule has 0 amide bonds. The summed E-state index contributed by atoms with van der Waals surface area (Å²) in [6.07, 6.45) is 2.65. The van der Waals surface area contributed by atoms with Crippen molar-refractivity contribution in [3.05, 3.63) is 43.0 Å². The summed E-state index contributed by atoms with van der Waals surface area (Å²) >= 11 is 0. The average Bonchev–Trinajstić information content (AvgIpc) is 3.48. The Hall–Kier alpha value is -2.75. The molecule has 2 aliphatic rings. The van der Waals surface area contributed by atoms with Crippen molar-refractivity contribution in [3.63, 3.8) is 0 Å². The van der Waals surface area contributed by atoms with Gasteiger partial charge in [0.15, 0.2) is 11.5 Å². The molecule has 1 saturated carbocycles. The van der Waals surface area contributed by atoms with Gasteiger partial charge in [-0.15, -0.1) is 0 Å². The molecule has 4 N–H and O–H groups in total. The maximum Gasteiger partial charge on any atom is 0.165 e. The second-order valence-corrected chi connectivity index (χ2v) is 8.18. The zero-order valence-corrected chi connectivity index (χ0v) is 16.5. The van der Waals surface area contributed by atoms with E-state index in [4.69, 9.17) is 0 Å². The van der Waals surface area contributed by atoms with Gasteiger partial charge in [-0.05, 0) is 25.0 Å². The van der Waals surface area contributed by atoms with Crippen molar-refractivity contribution in [1.29, 1.82) is 0 Å². The van der Waals surface area contributed by atoms with Gasteiger partial charge in [-0.2, -0.15) is 0 Å². The molecule has 0 bridgehead atoms. The van der Waals surface area contributed by atoms with Crippen LogP contribution in [0.4, 0.5) is 11.5 Å². The molecule has 1 aromatic carbocycles. The Kier molecular flexibility index (Phi) is 5.01. The van der Waals surface area contributed by atoms with Gasteiger partial charge >= 0.3 is 0 Å². The van der Waals surface area contributed by atoms with Crippen LogP contribution in [0.2, 0.25) is 0 Å². The molecule has 30 heavy (non-hydrogen) atoms. The highest BCUT2D eigenvalue weighted by molar-refractivity contribution is 5.83. The van der Waals surface area contributed by atoms with Crippen LogP contribution < -0.4 is 10.2 Å². The van der Waals surface area contributed by atoms with Gasteiger partial charge in [-0.25, -0.2) is 15.0 Å². The average molecular weight is 410 g/mol. The van der Waals surface area contributed by atoms with Crippen LogP contribution in [-0.4, -0.2) is 72.8 Å². The Balaban J connectivity index is 1.36. The molecule has 3 aromatic rings. The smallest absolute Gasteiger partial charge is 0.165 e. The fraction of sp³-hybridized carbons (Fsp3) is 0.476. The first kappa shape index (κ1) is 19.2. The zero-order chi connectivity index (χ0) is 20.7. The van der Waals surface area contributed by atoms with Crippen molar-refractivity contribution in [3.8, 4) is 0 Å². The molecule has 2 aromatic heterocycles. The number of rotatable bonds is 5. The van der Waals surface area contributed by atoms with E-state index in [-0.39, 0.29) is 24.6 Å². The Morgan fingerprint density at radius 2 is 1.90 bits per heavy atom. The molecule has 4 unspecified atom stereocenters. The van der Waals surface area contributed by atoms with Crippen LogP contribution >= 0.6 is 0 Å². The predicted octanol–water partition coefficient (Wildman–Crippen LogP) is 0.792. The molecule has 1 saturated heterocycles. The SMILES string of the molecule is OCC1CC(n2cnc3c(N[C@H]4CCN(c5ccccc5)C4)ncnc32)C(O)C1O. The second kappa shape index (κ2) is 7.82. The van der Waals surface area contributed by atoms with E-state index >= 15 is 0 Å². The summed E-state index contributed by atoms with van der Waals surface area (Å²) in [5.74, 6) is 0.315. The second-order valence-electron chi connectivity index (χ2n) is 8.18. The van der Waals surface area contributed by atoms with E-state index in [1.807, 2.05) is 18.2 Å². The van der Waals surface area contributed by atoms with Crippen molar-refractivity contribution in [2.45, 2.75) is 37.1 Å². The van der Waals surface area contributed by atoms with Crippen molar-refractivity contribution >= 4 is 22.7 Å². The van der Waals surface area contributed by atoms with Crippen LogP contribution in [0.3, 0.4) is 0 Å². The van der Waals surface area contributed by atoms with Crippen molar-refractivity contribution in [1.82, 2.24) is 19.5 Å². The molecule has 2 fully saturated rings. The Labute approximate surface area is 174 Å². The number of nitrogens with one attached hydrogen (secondary N) is 1. The molecular weight excluding hydrogens is 384 g/mol. The Bertz CT molecular complexity index is 1010. The van der Waals surface area contributed by atoms with E-state index in [2.05, 4.69) is 37.3 Å². The predicted molar refractivity (Wildman–Crippen MR) is 112 cm³/mol. The minimum Gasteiger partial charge on any atom is -0.396 e. The maximum atomic E-state index is 10.5. The van der Waals surface area contributed by atoms with Crippen molar-refractivity contribution in [2.75, 3.05) is 29.9 Å². The monoisotopic (exact) mass is 410 g/mol. The highest BCUT2D eigenvalue weighted by Gasteiger charge is 2.42. The lowest BCUT2D eigenvalue weighted by molar-refractivity contribution is -0.00370. The molecule has 0 radical (unpaired) electrons. The van der Waals surface area contributed by atoms with Gasteiger partial charge in [-0.3, -0.25) is 0 Å². The molecule has 3 heterocycles. The van der Waals surface area contributed by atoms with Crippen LogP contribution in [0.15, 0.2) is 43.0 Å². The topological polar surface area (TPSA) is 120 Å². The number of aliphatic hydroxyl groups excluding tert-OH is 3. The molecule has 5 atom stereocenters. The van der Waals surface area contributed by atoms with E-state index in [0.29, 0.717) is 23.4 Å². The van der Waals surface area contributed by atoms with Gasteiger partial charge in [0.05, 0.1) is 18.5 Å². The fourth-order valence-corrected chi connectivity index (χ4v) is 4.70. The third-order valence-corrected chi connectivity index (χ3v) is 6.37. The highest BCUT2D eigenvalue weighted by atomic mass is 16.3. The number of fused-ring (bicyclic) bond motifs is 1. The molecule has 9 nitrogen and oxygen atoms in total. The first-order valence-electron chi connectivity index (χ1n) is 10.4. The number of aromatic nitrogens is 4. The zero-order valence-electron chi connectivity index (χ0n) is 16.5. The first-order chi connectivity index (χ1) is 14.7. The quantitative estimate of drug-likeness (QED) is 0.488. The normalized spacial score (nSPS) is 29.0. The summed E-state index contributed by atoms with van der Waals surface area (Å²) in [7, 11) is 0. The molecule has 9 heteroatoms. The number of imidazole rings is 1. The van der Waals surface area contributed by atoms with Crippen molar-refractivity contribution < 1.29 is 15.3 Å². The van der Waals surface area contributed by atoms with Crippen LogP contribution in [0, 0.1) is 5.92 Å². The number of hydrogen-bond donors (Lipinski definition) is 4. The van der Waals surface area contributed by atoms with E-state index in [1.165, 1.54) is 12.0 Å². The number of aliphatic hydroxyl groups is 3. The number of para-hydroxylation sites is 1. The van der Waals surface area contributed by atoms with Crippen molar-refractivity contribution in [2.24, 2.45) is 5.92 Å². The largest absolute Gasteiger partial charge is 0.396 e. The van der Waals surface area contributed by atoms with E-state index in [0.717, 1.165) is 19.5 Å². The molecule has 5 rings (SSSR count). The van der Waals surface area contributed by atoms with Gasteiger partial charge in [0.1, 0.15) is 17.9 Å². The molecule has 158 valence electrons. The molecule has 0 spiro atoms. The number of hydrogen-bond acceptors (Lipinski definition) is 8. The third kappa shape index (κ3) is 3.28. The fourth-order valence-electron chi connectivity index (χ4n) is 4.70. The van der Waals surface area contributed by atoms with E-state index in [1.54, 1.807) is 10.9 Å². The molecule has 1 aliphatic carbocycles. The van der Waals surface area contributed by atoms with Gasteiger partial charge in [0.25, 0.3) is 0 Å². The minimum absolute atomic E-state index is 0.164. The lowest BCUT2D eigenvalue weighted by Gasteiger charge is -2.19. The lowest BCUT2D eigenvalue weighted by Crippen LogP contribution is -2.30. The summed E-state index contributed by atoms with van der Waals surface area (Å²) in [5.41, 5.74) is 2.47. The van der Waals surface area contributed by atoms with Crippen LogP contribution in [-0.2, 0) is 0 Å².